The van der Waals surface area contributed by atoms with Gasteiger partial charge in [0.25, 0.3) is 11.8 Å². The van der Waals surface area contributed by atoms with Crippen molar-refractivity contribution in [1.29, 1.82) is 0 Å². The number of nitrogens with zero attached hydrogens (tertiary/aromatic N) is 5. The number of likely N-dealkylation sites (N-methyl/N-ethyl adjacent to an activating group) is 1. The fourth-order valence-electron chi connectivity index (χ4n) is 8.81. The number of hydrogen-bond donors (Lipinski definition) is 2. The molecule has 406 valence electrons. The number of amides is 5. The fraction of sp³-hybridized carbons (Fsp3) is 0.547. The monoisotopic (exact) mass is 1040 g/mol. The number of benzene rings is 2. The Bertz CT molecular complexity index is 2670. The highest BCUT2D eigenvalue weighted by molar-refractivity contribution is 6.00. The number of aromatic nitrogens is 2. The first kappa shape index (κ1) is 58.3. The maximum absolute atomic E-state index is 13.6. The number of rotatable bonds is 8. The molecule has 18 nitrogen and oxygen atoms in total. The van der Waals surface area contributed by atoms with E-state index < -0.39 is 72.7 Å². The van der Waals surface area contributed by atoms with Gasteiger partial charge in [0.1, 0.15) is 49.6 Å². The van der Waals surface area contributed by atoms with Gasteiger partial charge < -0.3 is 34.6 Å². The van der Waals surface area contributed by atoms with E-state index in [0.29, 0.717) is 45.1 Å². The average Bonchev–Trinajstić information content (AvgIpc) is 4.17. The van der Waals surface area contributed by atoms with Gasteiger partial charge in [0, 0.05) is 49.0 Å². The van der Waals surface area contributed by atoms with Crippen molar-refractivity contribution in [2.75, 3.05) is 20.3 Å². The van der Waals surface area contributed by atoms with E-state index in [0.717, 1.165) is 21.8 Å². The van der Waals surface area contributed by atoms with Crippen LogP contribution in [0, 0.1) is 5.92 Å². The van der Waals surface area contributed by atoms with E-state index in [4.69, 9.17) is 20.4 Å². The van der Waals surface area contributed by atoms with Crippen LogP contribution in [0.1, 0.15) is 119 Å². The normalized spacial score (nSPS) is 22.4. The van der Waals surface area contributed by atoms with E-state index in [1.807, 2.05) is 88.4 Å². The molecule has 2 aromatic heterocycles. The second kappa shape index (κ2) is 26.0. The Morgan fingerprint density at radius 1 is 0.743 bits per heavy atom. The molecule has 2 aromatic carbocycles. The summed E-state index contributed by atoms with van der Waals surface area (Å²) in [6, 6.07) is 15.3. The summed E-state index contributed by atoms with van der Waals surface area (Å²) in [6.07, 6.45) is -1.99. The lowest BCUT2D eigenvalue weighted by Crippen LogP contribution is -2.56. The minimum atomic E-state index is -4.97. The van der Waals surface area contributed by atoms with Gasteiger partial charge in [-0.25, -0.2) is 4.79 Å². The number of nitrogens with one attached hydrogen (secondary N) is 2. The Labute approximate surface area is 431 Å². The molecule has 4 aliphatic heterocycles. The van der Waals surface area contributed by atoms with E-state index in [1.165, 1.54) is 16.8 Å². The van der Waals surface area contributed by atoms with Gasteiger partial charge in [0.05, 0.1) is 24.2 Å². The van der Waals surface area contributed by atoms with Crippen molar-refractivity contribution in [1.82, 2.24) is 34.5 Å². The van der Waals surface area contributed by atoms with Crippen molar-refractivity contribution in [3.63, 3.8) is 0 Å². The number of ether oxygens (including phenoxy) is 3. The second-order valence-electron chi connectivity index (χ2n) is 18.9. The number of alkyl halides is 3. The lowest BCUT2D eigenvalue weighted by molar-refractivity contribution is -0.156. The van der Waals surface area contributed by atoms with E-state index in [-0.39, 0.29) is 55.9 Å². The van der Waals surface area contributed by atoms with Gasteiger partial charge in [-0.3, -0.25) is 47.6 Å². The van der Waals surface area contributed by atoms with Crippen LogP contribution in [0.2, 0.25) is 0 Å². The van der Waals surface area contributed by atoms with Crippen LogP contribution in [0.5, 0.6) is 0 Å². The Morgan fingerprint density at radius 3 is 1.54 bits per heavy atom. The molecule has 6 heterocycles. The molecule has 74 heavy (non-hydrogen) atoms. The Morgan fingerprint density at radius 2 is 1.15 bits per heavy atom. The molecule has 0 aliphatic carbocycles. The van der Waals surface area contributed by atoms with Crippen LogP contribution in [-0.2, 0) is 38.2 Å². The van der Waals surface area contributed by atoms with Crippen LogP contribution < -0.4 is 10.6 Å². The molecule has 4 saturated heterocycles. The van der Waals surface area contributed by atoms with Gasteiger partial charge in [-0.15, -0.1) is 0 Å². The zero-order valence-electron chi connectivity index (χ0n) is 43.8. The maximum Gasteiger partial charge on any atom is 0.446 e. The summed E-state index contributed by atoms with van der Waals surface area (Å²) in [4.78, 5) is 105. The molecule has 0 saturated carbocycles. The molecule has 21 heteroatoms. The smallest absolute Gasteiger partial charge is 0.444 e. The maximum atomic E-state index is 13.6. The Balaban J connectivity index is 0.000000280. The minimum absolute atomic E-state index is 0. The Kier molecular flexibility index (Phi) is 20.5. The van der Waals surface area contributed by atoms with Crippen LogP contribution >= 0.6 is 0 Å². The third-order valence-electron chi connectivity index (χ3n) is 12.9. The second-order valence-corrected chi connectivity index (χ2v) is 18.9. The Hall–Kier alpha value is -6.61. The molecular formula is C53H72F3N7O11. The number of carbonyl (C=O) groups excluding carboxylic acids is 8. The average molecular weight is 1040 g/mol. The zero-order valence-corrected chi connectivity index (χ0v) is 42.8. The van der Waals surface area contributed by atoms with Gasteiger partial charge in [0.15, 0.2) is 0 Å². The minimum Gasteiger partial charge on any atom is -0.444 e. The highest BCUT2D eigenvalue weighted by atomic mass is 19.4. The van der Waals surface area contributed by atoms with Gasteiger partial charge in [0.2, 0.25) is 29.9 Å². The summed E-state index contributed by atoms with van der Waals surface area (Å²) in [5.41, 5.74) is 0.900. The molecule has 0 spiro atoms. The fourth-order valence-corrected chi connectivity index (χ4v) is 8.81. The van der Waals surface area contributed by atoms with Crippen molar-refractivity contribution in [2.45, 2.75) is 162 Å². The van der Waals surface area contributed by atoms with E-state index in [2.05, 4.69) is 10.6 Å². The van der Waals surface area contributed by atoms with Gasteiger partial charge in [-0.1, -0.05) is 71.5 Å². The highest BCUT2D eigenvalue weighted by Crippen LogP contribution is 2.33. The largest absolute Gasteiger partial charge is 0.446 e. The molecule has 4 aromatic rings. The van der Waals surface area contributed by atoms with Gasteiger partial charge in [-0.05, 0) is 84.1 Å². The highest BCUT2D eigenvalue weighted by Gasteiger charge is 2.48. The predicted molar refractivity (Wildman–Crippen MR) is 271 cm³/mol. The molecule has 8 atom stereocenters. The summed E-state index contributed by atoms with van der Waals surface area (Å²) in [6.45, 7) is 15.2. The SMILES string of the molecule is C.CC.CC[C@@H](C)C(=O)N[C@H]1CCO[C@H]2CC[C@@H](C(=O)n3ccc4ccccc43)N2C1=O.C[C@@H](C(=O)N[C@H]1CCO[C@H]2CC[C@@H](C(=O)n3ccc4ccccc43)N2C1=O)N(C)C(=O)OC(C)(C)C.[2H]C(=O)C(F)(F)F. The van der Waals surface area contributed by atoms with Crippen molar-refractivity contribution in [3.8, 4) is 0 Å². The standard InChI is InChI=1S/C26H34N4O6.C22H27N3O4.C2HF3O.C2H6.CH4/c1-16(28(5)25(34)36-26(2,3)4)22(31)27-18-13-15-35-21-11-10-20(30(21)23(18)32)24(33)29-14-12-17-8-6-7-9-19(17)29;1-3-14(2)20(26)23-16-11-13-29-19-9-8-18(25(19)21(16)27)22(28)24-12-10-15-6-4-5-7-17(15)24;3-2(4,5)1-6;1-2;/h6-9,12,14,16,18,20-21H,10-11,13,15H2,1-5H3,(H,27,31);4-7,10,12,14,16,18-19H,3,8-9,11,13H2,1-2H3,(H,23,26);1H;1-2H3;1H4/t16-,18-,20-,21-;14-,16+,18+,19+;;;/m01.../s1/i;;1D;;. The molecule has 2 N–H and O–H groups in total. The predicted octanol–water partition coefficient (Wildman–Crippen LogP) is 7.72. The van der Waals surface area contributed by atoms with E-state index in [9.17, 15) is 46.7 Å². The first-order valence-corrected chi connectivity index (χ1v) is 24.7. The summed E-state index contributed by atoms with van der Waals surface area (Å²) in [5, 5.41) is 7.55. The molecule has 4 aliphatic rings. The summed E-state index contributed by atoms with van der Waals surface area (Å²) < 4.78 is 57.7. The van der Waals surface area contributed by atoms with Crippen molar-refractivity contribution < 1.29 is 67.1 Å². The number of para-hydroxylation sites is 2. The molecule has 0 radical (unpaired) electrons. The quantitative estimate of drug-likeness (QED) is 0.163. The molecular weight excluding hydrogens is 968 g/mol. The molecule has 8 rings (SSSR count). The summed E-state index contributed by atoms with van der Waals surface area (Å²) >= 11 is 0. The third-order valence-corrected chi connectivity index (χ3v) is 12.9. The lowest BCUT2D eigenvalue weighted by atomic mass is 10.1. The number of halogens is 3. The topological polar surface area (TPSA) is 208 Å². The molecule has 0 bridgehead atoms. The molecule has 5 amide bonds. The van der Waals surface area contributed by atoms with E-state index >= 15 is 0 Å². The van der Waals surface area contributed by atoms with Crippen LogP contribution in [-0.4, -0.2) is 146 Å². The van der Waals surface area contributed by atoms with Crippen LogP contribution in [0.4, 0.5) is 18.0 Å². The number of hydrogen-bond acceptors (Lipinski definition) is 11. The zero-order chi connectivity index (χ0) is 54.8. The van der Waals surface area contributed by atoms with Crippen LogP contribution in [0.15, 0.2) is 73.1 Å². The van der Waals surface area contributed by atoms with E-state index in [1.54, 1.807) is 54.1 Å². The van der Waals surface area contributed by atoms with Gasteiger partial charge >= 0.3 is 12.3 Å². The molecule has 4 fully saturated rings. The summed E-state index contributed by atoms with van der Waals surface area (Å²) in [7, 11) is 1.48. The first-order chi connectivity index (χ1) is 34.9. The van der Waals surface area contributed by atoms with Crippen molar-refractivity contribution in [2.24, 2.45) is 5.92 Å². The van der Waals surface area contributed by atoms with Crippen molar-refractivity contribution in [3.05, 3.63) is 73.1 Å². The summed E-state index contributed by atoms with van der Waals surface area (Å²) in [5.74, 6) is -1.71. The number of carbonyl (C=O) groups is 8. The third kappa shape index (κ3) is 14.4. The van der Waals surface area contributed by atoms with Gasteiger partial charge in [-0.2, -0.15) is 13.2 Å². The van der Waals surface area contributed by atoms with Crippen molar-refractivity contribution >= 4 is 69.6 Å². The van der Waals surface area contributed by atoms with Crippen LogP contribution in [0.25, 0.3) is 21.8 Å². The van der Waals surface area contributed by atoms with Crippen LogP contribution in [0.3, 0.4) is 0 Å². The number of aldehydes is 1. The number of fused-ring (bicyclic) bond motifs is 4. The molecule has 0 unspecified atom stereocenters. The first-order valence-electron chi connectivity index (χ1n) is 25.2. The lowest BCUT2D eigenvalue weighted by Gasteiger charge is -2.31.